The van der Waals surface area contributed by atoms with Gasteiger partial charge in [0.25, 0.3) is 0 Å². The third-order valence-corrected chi connectivity index (χ3v) is 8.58. The molecule has 1 atom stereocenters. The molecule has 0 saturated carbocycles. The van der Waals surface area contributed by atoms with Gasteiger partial charge >= 0.3 is 5.97 Å². The van der Waals surface area contributed by atoms with Gasteiger partial charge in [0, 0.05) is 13.0 Å². The molecule has 0 bridgehead atoms. The van der Waals surface area contributed by atoms with Crippen LogP contribution in [0.25, 0.3) is 0 Å². The Morgan fingerprint density at radius 2 is 0.849 bits per heavy atom. The number of allylic oxidation sites excluding steroid dienone is 18. The highest BCUT2D eigenvalue weighted by Gasteiger charge is 2.13. The molecule has 1 N–H and O–H groups in total. The van der Waals surface area contributed by atoms with Crippen molar-refractivity contribution in [2.45, 2.75) is 174 Å². The van der Waals surface area contributed by atoms with Crippen LogP contribution in [0.2, 0.25) is 0 Å². The van der Waals surface area contributed by atoms with E-state index in [-0.39, 0.29) is 19.2 Å². The van der Waals surface area contributed by atoms with Crippen molar-refractivity contribution in [2.75, 3.05) is 19.8 Å². The van der Waals surface area contributed by atoms with Crippen LogP contribution in [0.5, 0.6) is 0 Å². The number of rotatable bonds is 38. The summed E-state index contributed by atoms with van der Waals surface area (Å²) in [6, 6.07) is 0. The molecule has 300 valence electrons. The Morgan fingerprint density at radius 3 is 1.28 bits per heavy atom. The molecule has 0 aromatic heterocycles. The minimum absolute atomic E-state index is 0.205. The van der Waals surface area contributed by atoms with Crippen LogP contribution in [0.15, 0.2) is 109 Å². The molecule has 0 aliphatic rings. The third-order valence-electron chi connectivity index (χ3n) is 8.58. The standard InChI is InChI=1S/C49H80O4/c1-3-5-7-9-11-13-15-17-19-21-23-24-25-26-27-28-30-32-34-36-38-40-42-44-49(51)53-48(46-50)47-52-45-43-41-39-37-35-33-31-29-22-20-18-16-14-12-10-8-6-4-2/h5,7,11-14,17-20,23-24,26-27,30,32,36,38,48,50H,3-4,6,8-10,15-16,21-22,25,28-29,31,33-35,37,39-47H2,1-2H3/b7-5-,13-11-,14-12-,19-17-,20-18-,24-23-,27-26-,32-30-,38-36-. The highest BCUT2D eigenvalue weighted by molar-refractivity contribution is 5.69. The van der Waals surface area contributed by atoms with Gasteiger partial charge in [-0.3, -0.25) is 4.79 Å². The number of hydrogen-bond donors (Lipinski definition) is 1. The lowest BCUT2D eigenvalue weighted by Gasteiger charge is -2.15. The predicted octanol–water partition coefficient (Wildman–Crippen LogP) is 14.3. The van der Waals surface area contributed by atoms with Crippen LogP contribution in [0.4, 0.5) is 0 Å². The van der Waals surface area contributed by atoms with Crippen molar-refractivity contribution in [2.24, 2.45) is 0 Å². The number of esters is 1. The number of hydrogen-bond acceptors (Lipinski definition) is 4. The molecule has 0 aliphatic carbocycles. The van der Waals surface area contributed by atoms with Gasteiger partial charge in [0.05, 0.1) is 13.2 Å². The average molecular weight is 733 g/mol. The number of carbonyl (C=O) groups is 1. The zero-order valence-corrected chi connectivity index (χ0v) is 34.2. The molecule has 0 saturated heterocycles. The van der Waals surface area contributed by atoms with E-state index in [0.29, 0.717) is 13.0 Å². The lowest BCUT2D eigenvalue weighted by atomic mass is 10.1. The summed E-state index contributed by atoms with van der Waals surface area (Å²) in [6.45, 7) is 5.11. The fraction of sp³-hybridized carbons (Fsp3) is 0.612. The van der Waals surface area contributed by atoms with Gasteiger partial charge in [0.1, 0.15) is 6.10 Å². The van der Waals surface area contributed by atoms with E-state index >= 15 is 0 Å². The first-order chi connectivity index (χ1) is 26.2. The molecule has 0 aliphatic heterocycles. The molecule has 4 heteroatoms. The van der Waals surface area contributed by atoms with Crippen molar-refractivity contribution in [3.63, 3.8) is 0 Å². The van der Waals surface area contributed by atoms with Crippen molar-refractivity contribution in [3.05, 3.63) is 109 Å². The van der Waals surface area contributed by atoms with Crippen molar-refractivity contribution in [1.82, 2.24) is 0 Å². The predicted molar refractivity (Wildman–Crippen MR) is 232 cm³/mol. The van der Waals surface area contributed by atoms with Gasteiger partial charge in [-0.1, -0.05) is 175 Å². The molecule has 0 amide bonds. The Kier molecular flexibility index (Phi) is 42.7. The molecular formula is C49H80O4. The van der Waals surface area contributed by atoms with Gasteiger partial charge in [-0.2, -0.15) is 0 Å². The first kappa shape index (κ1) is 50.1. The fourth-order valence-corrected chi connectivity index (χ4v) is 5.40. The lowest BCUT2D eigenvalue weighted by Crippen LogP contribution is -2.27. The maximum atomic E-state index is 12.2. The summed E-state index contributed by atoms with van der Waals surface area (Å²) in [7, 11) is 0. The summed E-state index contributed by atoms with van der Waals surface area (Å²) in [5, 5.41) is 9.60. The quantitative estimate of drug-likeness (QED) is 0.0390. The SMILES string of the molecule is CC/C=C\C/C=C\C/C=C\C/C=C\C/C=C\C/C=C\C/C=C\CCCC(=O)OC(CO)COCCCCCCCCCC/C=C\C/C=C\CCCCC. The third kappa shape index (κ3) is 43.3. The molecule has 0 fully saturated rings. The topological polar surface area (TPSA) is 55.8 Å². The minimum atomic E-state index is -0.576. The number of aliphatic hydroxyl groups is 1. The van der Waals surface area contributed by atoms with Crippen LogP contribution in [0, 0.1) is 0 Å². The van der Waals surface area contributed by atoms with E-state index < -0.39 is 6.10 Å². The Morgan fingerprint density at radius 1 is 0.472 bits per heavy atom. The largest absolute Gasteiger partial charge is 0.457 e. The summed E-state index contributed by atoms with van der Waals surface area (Å²) in [5.41, 5.74) is 0. The maximum absolute atomic E-state index is 12.2. The van der Waals surface area contributed by atoms with Crippen molar-refractivity contribution >= 4 is 5.97 Å². The van der Waals surface area contributed by atoms with Gasteiger partial charge in [-0.25, -0.2) is 0 Å². The summed E-state index contributed by atoms with van der Waals surface area (Å²) < 4.78 is 11.1. The highest BCUT2D eigenvalue weighted by Crippen LogP contribution is 2.11. The Balaban J connectivity index is 3.62. The van der Waals surface area contributed by atoms with Gasteiger partial charge in [-0.05, 0) is 96.3 Å². The van der Waals surface area contributed by atoms with E-state index in [4.69, 9.17) is 9.47 Å². The van der Waals surface area contributed by atoms with Crippen LogP contribution < -0.4 is 0 Å². The fourth-order valence-electron chi connectivity index (χ4n) is 5.40. The molecule has 1 unspecified atom stereocenters. The number of aliphatic hydroxyl groups excluding tert-OH is 1. The normalized spacial score (nSPS) is 13.5. The highest BCUT2D eigenvalue weighted by atomic mass is 16.6. The van der Waals surface area contributed by atoms with Gasteiger partial charge in [0.2, 0.25) is 0 Å². The average Bonchev–Trinajstić information content (AvgIpc) is 3.16. The van der Waals surface area contributed by atoms with E-state index in [1.807, 2.05) is 0 Å². The van der Waals surface area contributed by atoms with Crippen LogP contribution in [-0.2, 0) is 14.3 Å². The molecule has 0 heterocycles. The first-order valence-electron chi connectivity index (χ1n) is 21.5. The smallest absolute Gasteiger partial charge is 0.306 e. The first-order valence-corrected chi connectivity index (χ1v) is 21.5. The number of ether oxygens (including phenoxy) is 2. The summed E-state index contributed by atoms with van der Waals surface area (Å²) >= 11 is 0. The van der Waals surface area contributed by atoms with Crippen molar-refractivity contribution in [3.8, 4) is 0 Å². The van der Waals surface area contributed by atoms with Crippen LogP contribution in [-0.4, -0.2) is 37.0 Å². The molecule has 0 radical (unpaired) electrons. The van der Waals surface area contributed by atoms with Gasteiger partial charge in [0.15, 0.2) is 0 Å². The van der Waals surface area contributed by atoms with Crippen molar-refractivity contribution in [1.29, 1.82) is 0 Å². The number of carbonyl (C=O) groups excluding carboxylic acids is 1. The Labute approximate surface area is 327 Å². The second-order valence-corrected chi connectivity index (χ2v) is 13.7. The van der Waals surface area contributed by atoms with E-state index in [1.54, 1.807) is 0 Å². The molecule has 53 heavy (non-hydrogen) atoms. The van der Waals surface area contributed by atoms with E-state index in [1.165, 1.54) is 70.6 Å². The van der Waals surface area contributed by atoms with Crippen molar-refractivity contribution < 1.29 is 19.4 Å². The second kappa shape index (κ2) is 45.2. The summed E-state index contributed by atoms with van der Waals surface area (Å²) in [5.74, 6) is -0.264. The molecule has 0 aromatic rings. The Hall–Kier alpha value is -2.95. The maximum Gasteiger partial charge on any atom is 0.306 e. The van der Waals surface area contributed by atoms with Crippen LogP contribution in [0.3, 0.4) is 0 Å². The monoisotopic (exact) mass is 733 g/mol. The number of unbranched alkanes of at least 4 members (excludes halogenated alkanes) is 12. The zero-order valence-electron chi connectivity index (χ0n) is 34.2. The van der Waals surface area contributed by atoms with Crippen LogP contribution in [0.1, 0.15) is 168 Å². The Bertz CT molecular complexity index is 1040. The summed E-state index contributed by atoms with van der Waals surface area (Å²) in [4.78, 5) is 12.2. The minimum Gasteiger partial charge on any atom is -0.457 e. The second-order valence-electron chi connectivity index (χ2n) is 13.7. The van der Waals surface area contributed by atoms with Crippen LogP contribution >= 0.6 is 0 Å². The van der Waals surface area contributed by atoms with E-state index in [2.05, 4.69) is 123 Å². The lowest BCUT2D eigenvalue weighted by molar-refractivity contribution is -0.154. The molecule has 0 spiro atoms. The molecular weight excluding hydrogens is 653 g/mol. The van der Waals surface area contributed by atoms with Gasteiger partial charge in [-0.15, -0.1) is 0 Å². The van der Waals surface area contributed by atoms with Gasteiger partial charge < -0.3 is 14.6 Å². The molecule has 0 aromatic carbocycles. The molecule has 4 nitrogen and oxygen atoms in total. The zero-order chi connectivity index (χ0) is 38.4. The summed E-state index contributed by atoms with van der Waals surface area (Å²) in [6.07, 6.45) is 65.8. The van der Waals surface area contributed by atoms with E-state index in [9.17, 15) is 9.90 Å². The van der Waals surface area contributed by atoms with E-state index in [0.717, 1.165) is 77.0 Å². The molecule has 0 rings (SSSR count).